The van der Waals surface area contributed by atoms with Gasteiger partial charge in [-0.15, -0.1) is 0 Å². The average Bonchev–Trinajstić information content (AvgIpc) is 3.59. The van der Waals surface area contributed by atoms with Crippen molar-refractivity contribution in [3.05, 3.63) is 29.3 Å². The van der Waals surface area contributed by atoms with E-state index >= 15 is 0 Å². The Labute approximate surface area is 170 Å². The third kappa shape index (κ3) is 4.82. The summed E-state index contributed by atoms with van der Waals surface area (Å²) < 4.78 is 47.7. The summed E-state index contributed by atoms with van der Waals surface area (Å²) in [5.41, 5.74) is 5.11. The van der Waals surface area contributed by atoms with Gasteiger partial charge in [-0.05, 0) is 38.0 Å². The topological polar surface area (TPSA) is 116 Å². The Balaban J connectivity index is 1.56. The molecule has 0 bridgehead atoms. The van der Waals surface area contributed by atoms with E-state index in [9.17, 15) is 18.0 Å². The van der Waals surface area contributed by atoms with E-state index in [1.54, 1.807) is 6.92 Å². The van der Waals surface area contributed by atoms with Gasteiger partial charge in [-0.25, -0.2) is 0 Å². The number of rotatable bonds is 8. The zero-order chi connectivity index (χ0) is 21.5. The Morgan fingerprint density at radius 2 is 2.07 bits per heavy atom. The molecule has 0 radical (unpaired) electrons. The van der Waals surface area contributed by atoms with Crippen molar-refractivity contribution in [2.24, 2.45) is 5.92 Å². The van der Waals surface area contributed by atoms with E-state index in [2.05, 4.69) is 20.4 Å². The molecule has 0 spiro atoms. The molecular weight excluding hydrogens is 403 g/mol. The van der Waals surface area contributed by atoms with Gasteiger partial charge in [0, 0.05) is 17.8 Å². The number of ether oxygens (including phenoxy) is 1. The number of halogens is 3. The van der Waals surface area contributed by atoms with Crippen molar-refractivity contribution < 1.29 is 27.2 Å². The van der Waals surface area contributed by atoms with Gasteiger partial charge in [0.05, 0.1) is 0 Å². The highest BCUT2D eigenvalue weighted by Crippen LogP contribution is 2.44. The van der Waals surface area contributed by atoms with Gasteiger partial charge in [-0.1, -0.05) is 18.0 Å². The van der Waals surface area contributed by atoms with E-state index in [1.165, 1.54) is 12.3 Å². The summed E-state index contributed by atoms with van der Waals surface area (Å²) in [6.07, 6.45) is 1.29. The first-order chi connectivity index (χ1) is 14.1. The van der Waals surface area contributed by atoms with Gasteiger partial charge in [0.25, 0.3) is 5.91 Å². The van der Waals surface area contributed by atoms with Crippen molar-refractivity contribution in [1.82, 2.24) is 20.4 Å². The molecule has 1 amide bonds. The zero-order valence-electron chi connectivity index (χ0n) is 16.3. The molecule has 2 aromatic rings. The normalized spacial score (nSPS) is 18.7. The second-order valence-electron chi connectivity index (χ2n) is 8.18. The van der Waals surface area contributed by atoms with Gasteiger partial charge < -0.3 is 20.3 Å². The summed E-state index contributed by atoms with van der Waals surface area (Å²) >= 11 is 0. The van der Waals surface area contributed by atoms with Crippen molar-refractivity contribution in [2.75, 3.05) is 12.3 Å². The highest BCUT2D eigenvalue weighted by Gasteiger charge is 2.40. The summed E-state index contributed by atoms with van der Waals surface area (Å²) in [5.74, 6) is 0.220. The fourth-order valence-corrected chi connectivity index (χ4v) is 3.43. The summed E-state index contributed by atoms with van der Waals surface area (Å²) in [7, 11) is 0. The third-order valence-electron chi connectivity index (χ3n) is 5.25. The molecule has 2 aromatic heterocycles. The van der Waals surface area contributed by atoms with Crippen LogP contribution in [0.4, 0.5) is 19.2 Å². The lowest BCUT2D eigenvalue weighted by atomic mass is 9.93. The lowest BCUT2D eigenvalue weighted by molar-refractivity contribution is -0.153. The second kappa shape index (κ2) is 7.44. The molecule has 0 aromatic carbocycles. The van der Waals surface area contributed by atoms with Crippen LogP contribution in [-0.2, 0) is 5.54 Å². The largest absolute Gasteiger partial charge is 0.484 e. The van der Waals surface area contributed by atoms with Gasteiger partial charge in [-0.3, -0.25) is 9.78 Å². The number of hydrogen-bond acceptors (Lipinski definition) is 7. The smallest absolute Gasteiger partial charge is 0.422 e. The van der Waals surface area contributed by atoms with Crippen molar-refractivity contribution in [3.63, 3.8) is 0 Å². The zero-order valence-corrected chi connectivity index (χ0v) is 16.3. The van der Waals surface area contributed by atoms with Crippen molar-refractivity contribution >= 4 is 11.9 Å². The summed E-state index contributed by atoms with van der Waals surface area (Å²) in [5, 5.41) is 6.69. The summed E-state index contributed by atoms with van der Waals surface area (Å²) in [6, 6.07) is 1.15. The number of carbonyl (C=O) groups is 1. The molecule has 2 heterocycles. The lowest BCUT2D eigenvalue weighted by Crippen LogP contribution is -2.45. The maximum absolute atomic E-state index is 12.9. The number of aromatic nitrogens is 3. The molecule has 0 saturated heterocycles. The number of nitrogens with one attached hydrogen (secondary N) is 1. The molecule has 1 atom stereocenters. The van der Waals surface area contributed by atoms with E-state index in [1.807, 2.05) is 0 Å². The molecule has 11 heteroatoms. The van der Waals surface area contributed by atoms with Gasteiger partial charge in [0.2, 0.25) is 0 Å². The number of nitrogen functional groups attached to an aromatic ring is 1. The Morgan fingerprint density at radius 1 is 1.33 bits per heavy atom. The molecular formula is C19H22F3N5O3. The van der Waals surface area contributed by atoms with Gasteiger partial charge in [-0.2, -0.15) is 18.2 Å². The molecule has 3 N–H and O–H groups in total. The van der Waals surface area contributed by atoms with Crippen LogP contribution in [0.2, 0.25) is 0 Å². The fraction of sp³-hybridized carbons (Fsp3) is 0.579. The predicted molar refractivity (Wildman–Crippen MR) is 98.6 cm³/mol. The maximum atomic E-state index is 12.9. The predicted octanol–water partition coefficient (Wildman–Crippen LogP) is 3.31. The minimum atomic E-state index is -4.48. The first-order valence-corrected chi connectivity index (χ1v) is 9.74. The van der Waals surface area contributed by atoms with Crippen LogP contribution in [0, 0.1) is 5.92 Å². The molecule has 2 aliphatic carbocycles. The van der Waals surface area contributed by atoms with E-state index in [0.29, 0.717) is 17.9 Å². The van der Waals surface area contributed by atoms with E-state index in [0.717, 1.165) is 25.7 Å². The number of anilines is 1. The number of amides is 1. The molecule has 0 aliphatic heterocycles. The van der Waals surface area contributed by atoms with Crippen molar-refractivity contribution in [2.45, 2.75) is 56.7 Å². The van der Waals surface area contributed by atoms with Crippen molar-refractivity contribution in [1.29, 1.82) is 0 Å². The fourth-order valence-electron chi connectivity index (χ4n) is 3.43. The van der Waals surface area contributed by atoms with Crippen LogP contribution in [-0.4, -0.2) is 33.8 Å². The summed E-state index contributed by atoms with van der Waals surface area (Å²) in [6.45, 7) is 0.326. The number of hydrogen-bond donors (Lipinski definition) is 2. The van der Waals surface area contributed by atoms with Crippen LogP contribution in [0.15, 0.2) is 16.8 Å². The molecule has 8 nitrogen and oxygen atoms in total. The standard InChI is InChI=1S/C19H22F3N5O3/c1-18(7-10-2-3-10,16-25-17(23)30-27-16)26-15(28)13-6-14(29-9-19(20,21)22)12(8-24-13)11-4-5-11/h6,8,10-11H,2-5,7,9H2,1H3,(H,26,28)(H2,23,25,27)/t18-/m0/s1. The number of carbonyl (C=O) groups excluding carboxylic acids is 1. The molecule has 0 unspecified atom stereocenters. The SMILES string of the molecule is C[C@@](CC1CC1)(NC(=O)c1cc(OCC(F)(F)F)c(C2CC2)cn1)c1noc(N)n1. The van der Waals surface area contributed by atoms with Crippen LogP contribution < -0.4 is 15.8 Å². The maximum Gasteiger partial charge on any atom is 0.422 e. The van der Waals surface area contributed by atoms with Gasteiger partial charge in [0.1, 0.15) is 17.0 Å². The number of nitrogens with two attached hydrogens (primary N) is 1. The Kier molecular flexibility index (Phi) is 5.07. The number of nitrogens with zero attached hydrogens (tertiary/aromatic N) is 3. The Bertz CT molecular complexity index is 940. The van der Waals surface area contributed by atoms with Gasteiger partial charge >= 0.3 is 12.2 Å². The Morgan fingerprint density at radius 3 is 2.63 bits per heavy atom. The number of alkyl halides is 3. The van der Waals surface area contributed by atoms with E-state index in [-0.39, 0.29) is 29.2 Å². The minimum absolute atomic E-state index is 0.0303. The molecule has 4 rings (SSSR count). The quantitative estimate of drug-likeness (QED) is 0.666. The molecule has 2 aliphatic rings. The van der Waals surface area contributed by atoms with Crippen LogP contribution in [0.3, 0.4) is 0 Å². The van der Waals surface area contributed by atoms with E-state index in [4.69, 9.17) is 15.0 Å². The highest BCUT2D eigenvalue weighted by molar-refractivity contribution is 5.93. The van der Waals surface area contributed by atoms with Gasteiger partial charge in [0.15, 0.2) is 12.4 Å². The molecule has 2 fully saturated rings. The monoisotopic (exact) mass is 425 g/mol. The van der Waals surface area contributed by atoms with E-state index < -0.39 is 24.2 Å². The average molecular weight is 425 g/mol. The second-order valence-corrected chi connectivity index (χ2v) is 8.18. The van der Waals surface area contributed by atoms with Crippen LogP contribution >= 0.6 is 0 Å². The first-order valence-electron chi connectivity index (χ1n) is 9.74. The Hall–Kier alpha value is -2.85. The first kappa shape index (κ1) is 20.4. The van der Waals surface area contributed by atoms with Crippen molar-refractivity contribution in [3.8, 4) is 5.75 Å². The number of pyridine rings is 1. The van der Waals surface area contributed by atoms with Crippen LogP contribution in [0.5, 0.6) is 5.75 Å². The molecule has 2 saturated carbocycles. The third-order valence-corrected chi connectivity index (χ3v) is 5.25. The van der Waals surface area contributed by atoms with Crippen LogP contribution in [0.1, 0.15) is 66.8 Å². The lowest BCUT2D eigenvalue weighted by Gasteiger charge is -2.27. The minimum Gasteiger partial charge on any atom is -0.484 e. The molecule has 30 heavy (non-hydrogen) atoms. The summed E-state index contributed by atoms with van der Waals surface area (Å²) in [4.78, 5) is 21.1. The van der Waals surface area contributed by atoms with Crippen LogP contribution in [0.25, 0.3) is 0 Å². The highest BCUT2D eigenvalue weighted by atomic mass is 19.4. The molecule has 162 valence electrons.